The normalized spacial score (nSPS) is 10.8. The number of carboxylic acids is 1. The molecule has 0 radical (unpaired) electrons. The van der Waals surface area contributed by atoms with E-state index in [4.69, 9.17) is 5.11 Å². The van der Waals surface area contributed by atoms with Gasteiger partial charge in [0.2, 0.25) is 0 Å². The van der Waals surface area contributed by atoms with Gasteiger partial charge in [0.25, 0.3) is 5.56 Å². The summed E-state index contributed by atoms with van der Waals surface area (Å²) >= 11 is 0. The number of aromatic carboxylic acids is 1. The maximum Gasteiger partial charge on any atom is 0.335 e. The number of H-pyrrole nitrogens is 1. The Morgan fingerprint density at radius 3 is 2.76 bits per heavy atom. The molecule has 3 heterocycles. The highest BCUT2D eigenvalue weighted by molar-refractivity contribution is 5.93. The van der Waals surface area contributed by atoms with E-state index < -0.39 is 5.97 Å². The van der Waals surface area contributed by atoms with Crippen LogP contribution in [-0.2, 0) is 0 Å². The molecule has 0 bridgehead atoms. The lowest BCUT2D eigenvalue weighted by molar-refractivity contribution is 0.0697. The fraction of sp³-hybridized carbons (Fsp3) is 0.176. The lowest BCUT2D eigenvalue weighted by atomic mass is 10.2. The molecular weight excluding hydrogens is 322 g/mol. The largest absolute Gasteiger partial charge is 0.478 e. The summed E-state index contributed by atoms with van der Waals surface area (Å²) in [6.07, 6.45) is 2.97. The summed E-state index contributed by atoms with van der Waals surface area (Å²) in [6, 6.07) is 6.40. The van der Waals surface area contributed by atoms with Gasteiger partial charge in [0.05, 0.1) is 10.9 Å². The minimum atomic E-state index is -1.04. The first kappa shape index (κ1) is 16.4. The Labute approximate surface area is 143 Å². The van der Waals surface area contributed by atoms with Gasteiger partial charge in [-0.05, 0) is 43.5 Å². The van der Waals surface area contributed by atoms with Gasteiger partial charge in [-0.15, -0.1) is 0 Å². The summed E-state index contributed by atoms with van der Waals surface area (Å²) in [7, 11) is 0. The second kappa shape index (κ2) is 6.60. The molecule has 8 heteroatoms. The molecule has 0 spiro atoms. The Morgan fingerprint density at radius 2 is 2.04 bits per heavy atom. The van der Waals surface area contributed by atoms with Crippen LogP contribution in [0.15, 0.2) is 41.5 Å². The van der Waals surface area contributed by atoms with Crippen molar-refractivity contribution in [3.63, 3.8) is 0 Å². The summed E-state index contributed by atoms with van der Waals surface area (Å²) in [4.78, 5) is 34.4. The number of pyridine rings is 3. The lowest BCUT2D eigenvalue weighted by Gasteiger charge is -2.14. The maximum absolute atomic E-state index is 12.1. The zero-order valence-electron chi connectivity index (χ0n) is 13.7. The second-order valence-corrected chi connectivity index (χ2v) is 5.79. The number of rotatable bonds is 5. The fourth-order valence-corrected chi connectivity index (χ4v) is 2.42. The zero-order chi connectivity index (χ0) is 18.0. The van der Waals surface area contributed by atoms with Gasteiger partial charge < -0.3 is 20.7 Å². The Kier molecular flexibility index (Phi) is 4.34. The molecule has 0 saturated heterocycles. The van der Waals surface area contributed by atoms with Crippen LogP contribution in [0.2, 0.25) is 0 Å². The predicted molar refractivity (Wildman–Crippen MR) is 95.6 cm³/mol. The highest BCUT2D eigenvalue weighted by atomic mass is 16.4. The Bertz CT molecular complexity index is 997. The third kappa shape index (κ3) is 3.57. The minimum Gasteiger partial charge on any atom is -0.478 e. The van der Waals surface area contributed by atoms with Gasteiger partial charge >= 0.3 is 5.97 Å². The van der Waals surface area contributed by atoms with Crippen LogP contribution in [0, 0.1) is 0 Å². The quantitative estimate of drug-likeness (QED) is 0.564. The summed E-state index contributed by atoms with van der Waals surface area (Å²) in [5.41, 5.74) is -0.110. The number of anilines is 3. The Morgan fingerprint density at radius 1 is 1.24 bits per heavy atom. The van der Waals surface area contributed by atoms with Crippen molar-refractivity contribution in [3.05, 3.63) is 52.6 Å². The average Bonchev–Trinajstić information content (AvgIpc) is 2.54. The van der Waals surface area contributed by atoms with Crippen molar-refractivity contribution >= 4 is 34.2 Å². The van der Waals surface area contributed by atoms with Crippen molar-refractivity contribution in [1.29, 1.82) is 0 Å². The maximum atomic E-state index is 12.1. The SMILES string of the molecule is CC(C)Nc1nc(Nc2cc(C(=O)O)ccn2)cc2cc[nH]c(=O)c12. The van der Waals surface area contributed by atoms with Crippen molar-refractivity contribution in [3.8, 4) is 0 Å². The van der Waals surface area contributed by atoms with Gasteiger partial charge in [0.15, 0.2) is 0 Å². The number of aromatic nitrogens is 3. The molecular formula is C17H17N5O3. The van der Waals surface area contributed by atoms with Gasteiger partial charge in [0, 0.05) is 18.4 Å². The molecule has 0 amide bonds. The molecule has 0 aliphatic heterocycles. The highest BCUT2D eigenvalue weighted by Gasteiger charge is 2.12. The zero-order valence-corrected chi connectivity index (χ0v) is 13.7. The van der Waals surface area contributed by atoms with Crippen LogP contribution in [0.4, 0.5) is 17.5 Å². The number of carbonyl (C=O) groups is 1. The number of carboxylic acid groups (broad SMARTS) is 1. The first-order valence-electron chi connectivity index (χ1n) is 7.69. The summed E-state index contributed by atoms with van der Waals surface area (Å²) < 4.78 is 0. The van der Waals surface area contributed by atoms with Crippen LogP contribution < -0.4 is 16.2 Å². The number of hydrogen-bond acceptors (Lipinski definition) is 6. The monoisotopic (exact) mass is 339 g/mol. The van der Waals surface area contributed by atoms with Crippen molar-refractivity contribution in [1.82, 2.24) is 15.0 Å². The molecule has 128 valence electrons. The van der Waals surface area contributed by atoms with Gasteiger partial charge in [-0.1, -0.05) is 0 Å². The van der Waals surface area contributed by atoms with Gasteiger partial charge in [-0.2, -0.15) is 0 Å². The molecule has 0 aliphatic rings. The fourth-order valence-electron chi connectivity index (χ4n) is 2.42. The lowest BCUT2D eigenvalue weighted by Crippen LogP contribution is -2.16. The molecule has 0 aromatic carbocycles. The molecule has 25 heavy (non-hydrogen) atoms. The average molecular weight is 339 g/mol. The molecule has 0 fully saturated rings. The van der Waals surface area contributed by atoms with E-state index in [1.54, 1.807) is 18.3 Å². The van der Waals surface area contributed by atoms with E-state index >= 15 is 0 Å². The topological polar surface area (TPSA) is 120 Å². The molecule has 0 aliphatic carbocycles. The Hall–Kier alpha value is -3.42. The number of aromatic amines is 1. The number of hydrogen-bond donors (Lipinski definition) is 4. The molecule has 0 unspecified atom stereocenters. The summed E-state index contributed by atoms with van der Waals surface area (Å²) in [6.45, 7) is 3.89. The summed E-state index contributed by atoms with van der Waals surface area (Å²) in [5.74, 6) is 0.222. The van der Waals surface area contributed by atoms with E-state index in [9.17, 15) is 9.59 Å². The third-order valence-corrected chi connectivity index (χ3v) is 3.44. The van der Waals surface area contributed by atoms with Crippen LogP contribution in [0.3, 0.4) is 0 Å². The second-order valence-electron chi connectivity index (χ2n) is 5.79. The molecule has 8 nitrogen and oxygen atoms in total. The number of nitrogens with one attached hydrogen (secondary N) is 3. The molecule has 3 aromatic rings. The van der Waals surface area contributed by atoms with E-state index in [-0.39, 0.29) is 17.2 Å². The van der Waals surface area contributed by atoms with Gasteiger partial charge in [0.1, 0.15) is 17.5 Å². The summed E-state index contributed by atoms with van der Waals surface area (Å²) in [5, 5.41) is 16.4. The first-order valence-corrected chi connectivity index (χ1v) is 7.69. The van der Waals surface area contributed by atoms with Crippen molar-refractivity contribution < 1.29 is 9.90 Å². The van der Waals surface area contributed by atoms with Crippen LogP contribution in [0.25, 0.3) is 10.8 Å². The van der Waals surface area contributed by atoms with Crippen molar-refractivity contribution in [2.75, 3.05) is 10.6 Å². The third-order valence-electron chi connectivity index (χ3n) is 3.44. The molecule has 4 N–H and O–H groups in total. The number of nitrogens with zero attached hydrogens (tertiary/aromatic N) is 2. The molecule has 0 atom stereocenters. The van der Waals surface area contributed by atoms with E-state index in [1.807, 2.05) is 13.8 Å². The smallest absolute Gasteiger partial charge is 0.335 e. The highest BCUT2D eigenvalue weighted by Crippen LogP contribution is 2.24. The van der Waals surface area contributed by atoms with Crippen LogP contribution in [0.1, 0.15) is 24.2 Å². The Balaban J connectivity index is 2.06. The van der Waals surface area contributed by atoms with E-state index in [2.05, 4.69) is 25.6 Å². The van der Waals surface area contributed by atoms with E-state index in [1.165, 1.54) is 18.3 Å². The van der Waals surface area contributed by atoms with Crippen LogP contribution >= 0.6 is 0 Å². The van der Waals surface area contributed by atoms with Crippen LogP contribution in [0.5, 0.6) is 0 Å². The van der Waals surface area contributed by atoms with Crippen LogP contribution in [-0.4, -0.2) is 32.1 Å². The first-order chi connectivity index (χ1) is 11.9. The molecule has 0 saturated carbocycles. The molecule has 3 rings (SSSR count). The number of fused-ring (bicyclic) bond motifs is 1. The van der Waals surface area contributed by atoms with Crippen molar-refractivity contribution in [2.24, 2.45) is 0 Å². The predicted octanol–water partition coefficient (Wildman–Crippen LogP) is 2.58. The minimum absolute atomic E-state index is 0.0824. The standard InChI is InChI=1S/C17H17N5O3/c1-9(2)20-15-14-10(3-6-19-16(14)23)7-13(22-15)21-12-8-11(17(24)25)4-5-18-12/h3-9H,1-2H3,(H,19,23)(H,24,25)(H2,18,20,21,22). The van der Waals surface area contributed by atoms with Gasteiger partial charge in [-0.3, -0.25) is 4.79 Å². The van der Waals surface area contributed by atoms with E-state index in [0.717, 1.165) is 0 Å². The van der Waals surface area contributed by atoms with Crippen molar-refractivity contribution in [2.45, 2.75) is 19.9 Å². The van der Waals surface area contributed by atoms with E-state index in [0.29, 0.717) is 28.2 Å². The van der Waals surface area contributed by atoms with Gasteiger partial charge in [-0.25, -0.2) is 14.8 Å². The molecule has 3 aromatic heterocycles.